The van der Waals surface area contributed by atoms with Crippen LogP contribution < -0.4 is 5.32 Å². The lowest BCUT2D eigenvalue weighted by atomic mass is 10.1. The predicted octanol–water partition coefficient (Wildman–Crippen LogP) is 3.33. The minimum atomic E-state index is -1.63. The molecule has 0 fully saturated rings. The monoisotopic (exact) mass is 330 g/mol. The summed E-state index contributed by atoms with van der Waals surface area (Å²) in [6.45, 7) is 6.17. The lowest BCUT2D eigenvalue weighted by Crippen LogP contribution is -2.33. The van der Waals surface area contributed by atoms with Gasteiger partial charge in [0.1, 0.15) is 0 Å². The number of carbonyl (C=O) groups excluding carboxylic acids is 2. The molecule has 4 nitrogen and oxygen atoms in total. The first-order valence-electron chi connectivity index (χ1n) is 7.41. The molecular weight excluding hydrogens is 309 g/mol. The molecule has 0 heterocycles. The zero-order valence-corrected chi connectivity index (χ0v) is 13.5. The molecule has 1 N–H and O–H groups in total. The number of rotatable bonds is 7. The third-order valence-corrected chi connectivity index (χ3v) is 3.34. The van der Waals surface area contributed by atoms with Gasteiger partial charge in [-0.3, -0.25) is 9.59 Å². The van der Waals surface area contributed by atoms with Crippen LogP contribution in [0, 0.1) is 23.4 Å². The second-order valence-corrected chi connectivity index (χ2v) is 5.71. The normalized spacial score (nSPS) is 10.7. The van der Waals surface area contributed by atoms with Crippen LogP contribution in [0.5, 0.6) is 0 Å². The van der Waals surface area contributed by atoms with Crippen molar-refractivity contribution in [1.82, 2.24) is 4.90 Å². The summed E-state index contributed by atoms with van der Waals surface area (Å²) in [6.07, 6.45) is 0.745. The Morgan fingerprint density at radius 1 is 1.13 bits per heavy atom. The third-order valence-electron chi connectivity index (χ3n) is 3.34. The van der Waals surface area contributed by atoms with Crippen molar-refractivity contribution in [3.8, 4) is 0 Å². The van der Waals surface area contributed by atoms with Crippen LogP contribution in [0.15, 0.2) is 12.1 Å². The van der Waals surface area contributed by atoms with Crippen LogP contribution in [0.4, 0.5) is 18.9 Å². The van der Waals surface area contributed by atoms with Crippen molar-refractivity contribution in [3.63, 3.8) is 0 Å². The SMILES string of the molecule is CC(=O)N(CCC(=O)Nc1ccc(F)c(F)c1F)CCC(C)C. The molecule has 0 radical (unpaired) electrons. The lowest BCUT2D eigenvalue weighted by molar-refractivity contribution is -0.129. The van der Waals surface area contributed by atoms with Gasteiger partial charge in [-0.25, -0.2) is 13.2 Å². The van der Waals surface area contributed by atoms with Gasteiger partial charge in [-0.05, 0) is 24.5 Å². The van der Waals surface area contributed by atoms with Gasteiger partial charge in [0.25, 0.3) is 0 Å². The van der Waals surface area contributed by atoms with Gasteiger partial charge >= 0.3 is 0 Å². The lowest BCUT2D eigenvalue weighted by Gasteiger charge is -2.21. The van der Waals surface area contributed by atoms with Gasteiger partial charge in [0.2, 0.25) is 11.8 Å². The number of nitrogens with zero attached hydrogens (tertiary/aromatic N) is 1. The fraction of sp³-hybridized carbons (Fsp3) is 0.500. The zero-order chi connectivity index (χ0) is 17.6. The summed E-state index contributed by atoms with van der Waals surface area (Å²) in [5.41, 5.74) is -0.426. The topological polar surface area (TPSA) is 49.4 Å². The van der Waals surface area contributed by atoms with Crippen molar-refractivity contribution in [2.24, 2.45) is 5.92 Å². The van der Waals surface area contributed by atoms with Crippen LogP contribution in [0.1, 0.15) is 33.6 Å². The van der Waals surface area contributed by atoms with Crippen molar-refractivity contribution < 1.29 is 22.8 Å². The predicted molar refractivity (Wildman–Crippen MR) is 81.3 cm³/mol. The Kier molecular flexibility index (Phi) is 7.06. The number of hydrogen-bond acceptors (Lipinski definition) is 2. The van der Waals surface area contributed by atoms with E-state index in [0.717, 1.165) is 18.6 Å². The van der Waals surface area contributed by atoms with Crippen LogP contribution in [-0.2, 0) is 9.59 Å². The average Bonchev–Trinajstić information content (AvgIpc) is 2.47. The standard InChI is InChI=1S/C16H21F3N2O2/c1-10(2)6-8-21(11(3)22)9-7-14(23)20-13-5-4-12(17)15(18)16(13)19/h4-5,10H,6-9H2,1-3H3,(H,20,23). The minimum Gasteiger partial charge on any atom is -0.342 e. The van der Waals surface area contributed by atoms with E-state index in [1.165, 1.54) is 11.8 Å². The number of halogens is 3. The van der Waals surface area contributed by atoms with Crippen molar-refractivity contribution in [2.45, 2.75) is 33.6 Å². The molecule has 0 saturated carbocycles. The van der Waals surface area contributed by atoms with Gasteiger partial charge in [-0.2, -0.15) is 0 Å². The number of benzene rings is 1. The Bertz CT molecular complexity index is 577. The molecule has 1 aromatic carbocycles. The summed E-state index contributed by atoms with van der Waals surface area (Å²) in [5, 5.41) is 2.18. The molecule has 0 aliphatic heterocycles. The highest BCUT2D eigenvalue weighted by Crippen LogP contribution is 2.19. The Hall–Kier alpha value is -2.05. The first-order valence-corrected chi connectivity index (χ1v) is 7.41. The zero-order valence-electron chi connectivity index (χ0n) is 13.5. The van der Waals surface area contributed by atoms with Crippen molar-refractivity contribution >= 4 is 17.5 Å². The largest absolute Gasteiger partial charge is 0.342 e. The maximum Gasteiger partial charge on any atom is 0.226 e. The number of amides is 2. The molecule has 0 atom stereocenters. The van der Waals surface area contributed by atoms with E-state index >= 15 is 0 Å². The molecular formula is C16H21F3N2O2. The molecule has 0 aliphatic rings. The molecule has 1 aromatic rings. The Morgan fingerprint density at radius 3 is 2.35 bits per heavy atom. The molecule has 7 heteroatoms. The number of hydrogen-bond donors (Lipinski definition) is 1. The summed E-state index contributed by atoms with van der Waals surface area (Å²) < 4.78 is 39.4. The Morgan fingerprint density at radius 2 is 1.78 bits per heavy atom. The van der Waals surface area contributed by atoms with Gasteiger partial charge in [-0.1, -0.05) is 13.8 Å². The maximum absolute atomic E-state index is 13.5. The highest BCUT2D eigenvalue weighted by Gasteiger charge is 2.16. The molecule has 0 aromatic heterocycles. The molecule has 0 aliphatic carbocycles. The third kappa shape index (κ3) is 5.92. The van der Waals surface area contributed by atoms with Crippen LogP contribution in [0.25, 0.3) is 0 Å². The smallest absolute Gasteiger partial charge is 0.226 e. The maximum atomic E-state index is 13.5. The van der Waals surface area contributed by atoms with E-state index in [9.17, 15) is 22.8 Å². The first kappa shape index (κ1) is 19.0. The number of nitrogens with one attached hydrogen (secondary N) is 1. The summed E-state index contributed by atoms with van der Waals surface area (Å²) in [6, 6.07) is 1.69. The van der Waals surface area contributed by atoms with E-state index in [1.54, 1.807) is 0 Å². The quantitative estimate of drug-likeness (QED) is 0.780. The fourth-order valence-electron chi connectivity index (χ4n) is 1.91. The Labute approximate surface area is 133 Å². The molecule has 0 spiro atoms. The van der Waals surface area contributed by atoms with Crippen LogP contribution in [0.2, 0.25) is 0 Å². The van der Waals surface area contributed by atoms with Crippen LogP contribution >= 0.6 is 0 Å². The van der Waals surface area contributed by atoms with Crippen molar-refractivity contribution in [1.29, 1.82) is 0 Å². The van der Waals surface area contributed by atoms with E-state index in [1.807, 2.05) is 13.8 Å². The molecule has 23 heavy (non-hydrogen) atoms. The van der Waals surface area contributed by atoms with E-state index in [0.29, 0.717) is 12.5 Å². The molecule has 0 unspecified atom stereocenters. The second kappa shape index (κ2) is 8.55. The number of carbonyl (C=O) groups is 2. The summed E-state index contributed by atoms with van der Waals surface area (Å²) in [7, 11) is 0. The Balaban J connectivity index is 2.59. The van der Waals surface area contributed by atoms with Gasteiger partial charge in [0.15, 0.2) is 17.5 Å². The van der Waals surface area contributed by atoms with Crippen molar-refractivity contribution in [3.05, 3.63) is 29.6 Å². The van der Waals surface area contributed by atoms with Gasteiger partial charge in [-0.15, -0.1) is 0 Å². The highest BCUT2D eigenvalue weighted by molar-refractivity contribution is 5.91. The average molecular weight is 330 g/mol. The summed E-state index contributed by atoms with van der Waals surface area (Å²) in [5.74, 6) is -4.71. The van der Waals surface area contributed by atoms with Crippen LogP contribution in [-0.4, -0.2) is 29.8 Å². The summed E-state index contributed by atoms with van der Waals surface area (Å²) in [4.78, 5) is 24.8. The van der Waals surface area contributed by atoms with Gasteiger partial charge < -0.3 is 10.2 Å². The fourth-order valence-corrected chi connectivity index (χ4v) is 1.91. The van der Waals surface area contributed by atoms with E-state index < -0.39 is 29.0 Å². The summed E-state index contributed by atoms with van der Waals surface area (Å²) >= 11 is 0. The van der Waals surface area contributed by atoms with E-state index in [-0.39, 0.29) is 18.9 Å². The highest BCUT2D eigenvalue weighted by atomic mass is 19.2. The molecule has 0 bridgehead atoms. The molecule has 128 valence electrons. The van der Waals surface area contributed by atoms with Gasteiger partial charge in [0.05, 0.1) is 5.69 Å². The van der Waals surface area contributed by atoms with Crippen LogP contribution in [0.3, 0.4) is 0 Å². The van der Waals surface area contributed by atoms with E-state index in [4.69, 9.17) is 0 Å². The molecule has 1 rings (SSSR count). The number of anilines is 1. The molecule has 2 amide bonds. The minimum absolute atomic E-state index is 0.0594. The van der Waals surface area contributed by atoms with Crippen molar-refractivity contribution in [2.75, 3.05) is 18.4 Å². The van der Waals surface area contributed by atoms with E-state index in [2.05, 4.69) is 5.32 Å². The first-order chi connectivity index (χ1) is 10.7. The molecule has 0 saturated heterocycles. The van der Waals surface area contributed by atoms with Gasteiger partial charge in [0, 0.05) is 26.4 Å². The second-order valence-electron chi connectivity index (χ2n) is 5.71.